The van der Waals surface area contributed by atoms with E-state index in [0.717, 1.165) is 46.2 Å². The maximum Gasteiger partial charge on any atom is 0.241 e. The lowest BCUT2D eigenvalue weighted by molar-refractivity contribution is -0.119. The largest absolute Gasteiger partial charge is 0.473 e. The van der Waals surface area contributed by atoms with E-state index in [-0.39, 0.29) is 17.9 Å². The van der Waals surface area contributed by atoms with Crippen molar-refractivity contribution < 1.29 is 9.53 Å². The number of hydrogen-bond donors (Lipinski definition) is 1. The van der Waals surface area contributed by atoms with E-state index in [1.807, 2.05) is 43.3 Å². The molecule has 1 amide bonds. The van der Waals surface area contributed by atoms with Crippen LogP contribution < -0.4 is 10.1 Å². The second kappa shape index (κ2) is 6.80. The fourth-order valence-electron chi connectivity index (χ4n) is 4.41. The van der Waals surface area contributed by atoms with Gasteiger partial charge in [-0.1, -0.05) is 6.07 Å². The third-order valence-corrected chi connectivity index (χ3v) is 6.45. The first-order valence-corrected chi connectivity index (χ1v) is 10.8. The summed E-state index contributed by atoms with van der Waals surface area (Å²) in [7, 11) is 1.99. The number of carbonyl (C=O) groups excluding carboxylic acids is 1. The number of fused-ring (bicyclic) bond motifs is 2. The fraction of sp³-hybridized carbons (Fsp3) is 0.391. The zero-order chi connectivity index (χ0) is 21.1. The number of hydrogen-bond acceptors (Lipinski definition) is 5. The summed E-state index contributed by atoms with van der Waals surface area (Å²) in [4.78, 5) is 25.8. The Morgan fingerprint density at radius 1 is 1.16 bits per heavy atom. The zero-order valence-corrected chi connectivity index (χ0v) is 17.6. The molecule has 3 aromatic heterocycles. The predicted octanol–water partition coefficient (Wildman–Crippen LogP) is 3.22. The normalized spacial score (nSPS) is 19.8. The number of pyridine rings is 1. The number of benzene rings is 1. The van der Waals surface area contributed by atoms with Crippen LogP contribution in [0.1, 0.15) is 32.2 Å². The first kappa shape index (κ1) is 18.4. The molecular formula is C23H24N6O2. The highest BCUT2D eigenvalue weighted by atomic mass is 16.5. The van der Waals surface area contributed by atoms with Crippen LogP contribution in [0.15, 0.2) is 36.9 Å². The van der Waals surface area contributed by atoms with Crippen molar-refractivity contribution in [3.8, 4) is 17.1 Å². The summed E-state index contributed by atoms with van der Waals surface area (Å²) in [5.74, 6) is 0.805. The highest BCUT2D eigenvalue weighted by molar-refractivity contribution is 5.87. The Hall–Kier alpha value is -3.42. The van der Waals surface area contributed by atoms with Crippen molar-refractivity contribution >= 4 is 28.0 Å². The second-order valence-corrected chi connectivity index (χ2v) is 8.71. The molecule has 2 aliphatic rings. The Morgan fingerprint density at radius 3 is 2.77 bits per heavy atom. The average Bonchev–Trinajstić information content (AvgIpc) is 3.18. The van der Waals surface area contributed by atoms with Crippen LogP contribution in [0.3, 0.4) is 0 Å². The van der Waals surface area contributed by atoms with E-state index in [1.54, 1.807) is 0 Å². The van der Waals surface area contributed by atoms with Gasteiger partial charge in [0.25, 0.3) is 0 Å². The van der Waals surface area contributed by atoms with Crippen LogP contribution >= 0.6 is 0 Å². The van der Waals surface area contributed by atoms with Gasteiger partial charge in [0.2, 0.25) is 11.8 Å². The molecule has 1 N–H and O–H groups in total. The summed E-state index contributed by atoms with van der Waals surface area (Å²) in [6.45, 7) is 2.66. The van der Waals surface area contributed by atoms with Gasteiger partial charge >= 0.3 is 0 Å². The number of nitrogens with one attached hydrogen (secondary N) is 1. The van der Waals surface area contributed by atoms with Gasteiger partial charge < -0.3 is 19.2 Å². The Balaban J connectivity index is 1.44. The zero-order valence-electron chi connectivity index (χ0n) is 17.6. The predicted molar refractivity (Wildman–Crippen MR) is 117 cm³/mol. The second-order valence-electron chi connectivity index (χ2n) is 8.71. The van der Waals surface area contributed by atoms with E-state index in [9.17, 15) is 4.79 Å². The number of carbonyl (C=O) groups is 1. The van der Waals surface area contributed by atoms with Gasteiger partial charge in [0.1, 0.15) is 11.6 Å². The van der Waals surface area contributed by atoms with Crippen molar-refractivity contribution in [2.24, 2.45) is 13.0 Å². The molecule has 1 saturated carbocycles. The summed E-state index contributed by atoms with van der Waals surface area (Å²) in [5, 5.41) is 2.90. The average molecular weight is 416 g/mol. The third-order valence-electron chi connectivity index (χ3n) is 6.45. The SMILES string of the molecule is C[C@@H](Oc1nc(-c2ccc3c(c2)ncn3C)cc2ncn(C3CC3)c12)[C@H]1CNC(=O)C1. The van der Waals surface area contributed by atoms with E-state index in [4.69, 9.17) is 9.72 Å². The first-order chi connectivity index (χ1) is 15.1. The van der Waals surface area contributed by atoms with Crippen LogP contribution in [-0.4, -0.2) is 42.6 Å². The molecule has 4 aromatic rings. The molecule has 8 heteroatoms. The maximum atomic E-state index is 11.7. The van der Waals surface area contributed by atoms with Crippen molar-refractivity contribution in [1.82, 2.24) is 29.4 Å². The molecular weight excluding hydrogens is 392 g/mol. The minimum atomic E-state index is -0.134. The van der Waals surface area contributed by atoms with E-state index >= 15 is 0 Å². The van der Waals surface area contributed by atoms with Crippen LogP contribution in [0.25, 0.3) is 33.3 Å². The summed E-state index contributed by atoms with van der Waals surface area (Å²) in [6.07, 6.45) is 6.37. The number of ether oxygens (including phenoxy) is 1. The summed E-state index contributed by atoms with van der Waals surface area (Å²) in [5.41, 5.74) is 5.60. The van der Waals surface area contributed by atoms with E-state index in [0.29, 0.717) is 24.9 Å². The molecule has 0 unspecified atom stereocenters. The van der Waals surface area contributed by atoms with Gasteiger partial charge in [-0.05, 0) is 38.0 Å². The molecule has 1 aliphatic carbocycles. The Morgan fingerprint density at radius 2 is 2.00 bits per heavy atom. The molecule has 1 aliphatic heterocycles. The van der Waals surface area contributed by atoms with Crippen molar-refractivity contribution in [2.45, 2.75) is 38.3 Å². The lowest BCUT2D eigenvalue weighted by atomic mass is 10.0. The van der Waals surface area contributed by atoms with Crippen molar-refractivity contribution in [1.29, 1.82) is 0 Å². The third kappa shape index (κ3) is 3.13. The van der Waals surface area contributed by atoms with Gasteiger partial charge in [-0.15, -0.1) is 0 Å². The minimum Gasteiger partial charge on any atom is -0.473 e. The number of nitrogens with zero attached hydrogens (tertiary/aromatic N) is 5. The van der Waals surface area contributed by atoms with Crippen molar-refractivity contribution in [3.05, 3.63) is 36.9 Å². The molecule has 0 radical (unpaired) electrons. The molecule has 4 heterocycles. The fourth-order valence-corrected chi connectivity index (χ4v) is 4.41. The molecule has 0 bridgehead atoms. The Bertz CT molecular complexity index is 1320. The van der Waals surface area contributed by atoms with E-state index in [1.165, 1.54) is 0 Å². The van der Waals surface area contributed by atoms with E-state index < -0.39 is 0 Å². The number of aryl methyl sites for hydroxylation is 1. The van der Waals surface area contributed by atoms with Gasteiger partial charge in [0, 0.05) is 37.5 Å². The lowest BCUT2D eigenvalue weighted by Crippen LogP contribution is -2.26. The number of aromatic nitrogens is 5. The van der Waals surface area contributed by atoms with Gasteiger partial charge in [-0.2, -0.15) is 0 Å². The van der Waals surface area contributed by atoms with Crippen LogP contribution in [0.5, 0.6) is 5.88 Å². The smallest absolute Gasteiger partial charge is 0.241 e. The molecule has 8 nitrogen and oxygen atoms in total. The summed E-state index contributed by atoms with van der Waals surface area (Å²) >= 11 is 0. The number of rotatable bonds is 5. The molecule has 158 valence electrons. The molecule has 2 fully saturated rings. The number of imidazole rings is 2. The minimum absolute atomic E-state index is 0.0824. The van der Waals surface area contributed by atoms with Gasteiger partial charge in [0.05, 0.1) is 34.9 Å². The molecule has 6 rings (SSSR count). The topological polar surface area (TPSA) is 86.9 Å². The van der Waals surface area contributed by atoms with Crippen LogP contribution in [-0.2, 0) is 11.8 Å². The van der Waals surface area contributed by atoms with Gasteiger partial charge in [-0.3, -0.25) is 4.79 Å². The molecule has 1 saturated heterocycles. The van der Waals surface area contributed by atoms with Gasteiger partial charge in [0.15, 0.2) is 0 Å². The highest BCUT2D eigenvalue weighted by Gasteiger charge is 2.31. The molecule has 31 heavy (non-hydrogen) atoms. The maximum absolute atomic E-state index is 11.7. The standard InChI is InChI=1S/C23H24N6O2/c1-13(15-8-21(30)24-10-15)31-23-22-19(26-12-29(22)16-4-5-16)9-17(27-23)14-3-6-20-18(7-14)25-11-28(20)2/h3,6-7,9,11-13,15-16H,4-5,8,10H2,1-2H3,(H,24,30)/t13-,15-/m1/s1. The summed E-state index contributed by atoms with van der Waals surface area (Å²) < 4.78 is 10.6. The Labute approximate surface area is 179 Å². The molecule has 1 aromatic carbocycles. The Kier molecular flexibility index (Phi) is 4.03. The number of amides is 1. The first-order valence-electron chi connectivity index (χ1n) is 10.8. The molecule has 2 atom stereocenters. The van der Waals surface area contributed by atoms with Crippen LogP contribution in [0, 0.1) is 5.92 Å². The quantitative estimate of drug-likeness (QED) is 0.540. The van der Waals surface area contributed by atoms with Crippen LogP contribution in [0.2, 0.25) is 0 Å². The highest BCUT2D eigenvalue weighted by Crippen LogP contribution is 2.40. The lowest BCUT2D eigenvalue weighted by Gasteiger charge is -2.20. The van der Waals surface area contributed by atoms with E-state index in [2.05, 4.69) is 32.0 Å². The van der Waals surface area contributed by atoms with Crippen molar-refractivity contribution in [3.63, 3.8) is 0 Å². The van der Waals surface area contributed by atoms with Crippen molar-refractivity contribution in [2.75, 3.05) is 6.54 Å². The van der Waals surface area contributed by atoms with Gasteiger partial charge in [-0.25, -0.2) is 15.0 Å². The molecule has 0 spiro atoms. The summed E-state index contributed by atoms with van der Waals surface area (Å²) in [6, 6.07) is 8.66. The monoisotopic (exact) mass is 416 g/mol. The van der Waals surface area contributed by atoms with Crippen LogP contribution in [0.4, 0.5) is 0 Å².